The Kier molecular flexibility index (Phi) is 6.20. The minimum absolute atomic E-state index is 0.0349. The van der Waals surface area contributed by atoms with E-state index in [1.807, 2.05) is 20.8 Å². The van der Waals surface area contributed by atoms with Crippen molar-refractivity contribution in [2.24, 2.45) is 17.7 Å². The molecule has 0 saturated carbocycles. The van der Waals surface area contributed by atoms with E-state index in [0.29, 0.717) is 12.3 Å². The largest absolute Gasteiger partial charge is 0.389 e. The van der Waals surface area contributed by atoms with Crippen LogP contribution in [0.1, 0.15) is 40.0 Å². The first-order valence-corrected chi connectivity index (χ1v) is 5.30. The van der Waals surface area contributed by atoms with Crippen molar-refractivity contribution in [1.29, 1.82) is 0 Å². The average molecular weight is 226 g/mol. The number of nitrogens with one attached hydrogen (secondary N) is 1. The lowest BCUT2D eigenvalue weighted by atomic mass is 9.88. The molecule has 0 saturated heterocycles. The zero-order chi connectivity index (χ0) is 12.1. The molecule has 0 aliphatic carbocycles. The topological polar surface area (TPSA) is 38.0 Å². The van der Waals surface area contributed by atoms with Gasteiger partial charge in [-0.1, -0.05) is 20.8 Å². The monoisotopic (exact) mass is 226 g/mol. The van der Waals surface area contributed by atoms with Crippen LogP contribution in [-0.2, 0) is 0 Å². The fourth-order valence-corrected chi connectivity index (χ4v) is 1.49. The van der Waals surface area contributed by atoms with Gasteiger partial charge >= 0.3 is 6.18 Å². The van der Waals surface area contributed by atoms with Crippen LogP contribution >= 0.6 is 0 Å². The van der Waals surface area contributed by atoms with Gasteiger partial charge in [-0.3, -0.25) is 11.3 Å². The second-order valence-corrected chi connectivity index (χ2v) is 4.38. The Morgan fingerprint density at radius 2 is 1.73 bits per heavy atom. The summed E-state index contributed by atoms with van der Waals surface area (Å²) in [5.74, 6) is 6.02. The standard InChI is InChI=1S/C10H21F3N2/c1-7(2)8(3)9(15-14)5-4-6-10(11,12)13/h7-9,15H,4-6,14H2,1-3H3. The molecule has 0 bridgehead atoms. The molecule has 0 aromatic rings. The molecule has 0 heterocycles. The molecule has 0 aromatic heterocycles. The zero-order valence-electron chi connectivity index (χ0n) is 9.56. The second-order valence-electron chi connectivity index (χ2n) is 4.38. The molecule has 0 aromatic carbocycles. The summed E-state index contributed by atoms with van der Waals surface area (Å²) in [7, 11) is 0. The predicted octanol–water partition coefficient (Wildman–Crippen LogP) is 2.84. The Morgan fingerprint density at radius 3 is 2.07 bits per heavy atom. The third-order valence-electron chi connectivity index (χ3n) is 2.88. The van der Waals surface area contributed by atoms with Crippen molar-refractivity contribution in [2.45, 2.75) is 52.3 Å². The summed E-state index contributed by atoms with van der Waals surface area (Å²) < 4.78 is 35.8. The molecule has 0 rings (SSSR count). The molecule has 0 fully saturated rings. The summed E-state index contributed by atoms with van der Waals surface area (Å²) in [6, 6.07) is -0.0349. The van der Waals surface area contributed by atoms with Gasteiger partial charge in [0.05, 0.1) is 0 Å². The Bertz CT molecular complexity index is 169. The average Bonchev–Trinajstić information content (AvgIpc) is 2.09. The van der Waals surface area contributed by atoms with E-state index in [1.54, 1.807) is 0 Å². The fourth-order valence-electron chi connectivity index (χ4n) is 1.49. The van der Waals surface area contributed by atoms with Gasteiger partial charge in [0, 0.05) is 12.5 Å². The first-order chi connectivity index (χ1) is 6.78. The minimum atomic E-state index is -4.06. The van der Waals surface area contributed by atoms with Crippen LogP contribution in [0.25, 0.3) is 0 Å². The van der Waals surface area contributed by atoms with Crippen LogP contribution in [0.15, 0.2) is 0 Å². The van der Waals surface area contributed by atoms with Crippen molar-refractivity contribution < 1.29 is 13.2 Å². The van der Waals surface area contributed by atoms with Crippen LogP contribution < -0.4 is 11.3 Å². The van der Waals surface area contributed by atoms with Gasteiger partial charge in [-0.25, -0.2) is 0 Å². The summed E-state index contributed by atoms with van der Waals surface area (Å²) in [6.07, 6.45) is -4.18. The molecule has 15 heavy (non-hydrogen) atoms. The third kappa shape index (κ3) is 6.73. The van der Waals surface area contributed by atoms with Crippen LogP contribution in [0.5, 0.6) is 0 Å². The normalized spacial score (nSPS) is 16.8. The predicted molar refractivity (Wildman–Crippen MR) is 55.0 cm³/mol. The van der Waals surface area contributed by atoms with Crippen molar-refractivity contribution in [3.63, 3.8) is 0 Å². The van der Waals surface area contributed by atoms with Gasteiger partial charge in [0.15, 0.2) is 0 Å². The lowest BCUT2D eigenvalue weighted by Crippen LogP contribution is -2.41. The molecule has 3 N–H and O–H groups in total. The molecule has 2 nitrogen and oxygen atoms in total. The summed E-state index contributed by atoms with van der Waals surface area (Å²) in [6.45, 7) is 6.08. The zero-order valence-corrected chi connectivity index (χ0v) is 9.56. The number of alkyl halides is 3. The van der Waals surface area contributed by atoms with Crippen molar-refractivity contribution in [1.82, 2.24) is 5.43 Å². The first kappa shape index (κ1) is 14.7. The van der Waals surface area contributed by atoms with Gasteiger partial charge in [0.2, 0.25) is 0 Å². The van der Waals surface area contributed by atoms with Crippen molar-refractivity contribution in [3.8, 4) is 0 Å². The number of hydrogen-bond acceptors (Lipinski definition) is 2. The highest BCUT2D eigenvalue weighted by Crippen LogP contribution is 2.25. The molecule has 0 aliphatic heterocycles. The highest BCUT2D eigenvalue weighted by Gasteiger charge is 2.27. The fraction of sp³-hybridized carbons (Fsp3) is 1.00. The van der Waals surface area contributed by atoms with E-state index in [0.717, 1.165) is 0 Å². The van der Waals surface area contributed by atoms with Crippen molar-refractivity contribution >= 4 is 0 Å². The smallest absolute Gasteiger partial charge is 0.271 e. The molecule has 2 atom stereocenters. The third-order valence-corrected chi connectivity index (χ3v) is 2.88. The summed E-state index contributed by atoms with van der Waals surface area (Å²) in [5.41, 5.74) is 2.60. The quantitative estimate of drug-likeness (QED) is 0.540. The van der Waals surface area contributed by atoms with E-state index in [9.17, 15) is 13.2 Å². The number of hydrazine groups is 1. The Balaban J connectivity index is 3.91. The molecule has 0 amide bonds. The molecule has 0 aliphatic rings. The number of rotatable bonds is 6. The van der Waals surface area contributed by atoms with Crippen LogP contribution in [0.2, 0.25) is 0 Å². The SMILES string of the molecule is CC(C)C(C)C(CCCC(F)(F)F)NN. The highest BCUT2D eigenvalue weighted by molar-refractivity contribution is 4.73. The van der Waals surface area contributed by atoms with Crippen molar-refractivity contribution in [2.75, 3.05) is 0 Å². The van der Waals surface area contributed by atoms with Gasteiger partial charge in [0.25, 0.3) is 0 Å². The minimum Gasteiger partial charge on any atom is -0.271 e. The van der Waals surface area contributed by atoms with Gasteiger partial charge in [0.1, 0.15) is 0 Å². The van der Waals surface area contributed by atoms with Crippen LogP contribution in [-0.4, -0.2) is 12.2 Å². The van der Waals surface area contributed by atoms with E-state index in [4.69, 9.17) is 5.84 Å². The van der Waals surface area contributed by atoms with Crippen LogP contribution in [0.3, 0.4) is 0 Å². The second kappa shape index (κ2) is 6.33. The molecule has 5 heteroatoms. The molecular formula is C10H21F3N2. The van der Waals surface area contributed by atoms with Crippen LogP contribution in [0, 0.1) is 11.8 Å². The maximum absolute atomic E-state index is 11.9. The van der Waals surface area contributed by atoms with E-state index in [-0.39, 0.29) is 18.4 Å². The molecule has 92 valence electrons. The Morgan fingerprint density at radius 1 is 1.20 bits per heavy atom. The lowest BCUT2D eigenvalue weighted by Gasteiger charge is -2.26. The number of hydrogen-bond donors (Lipinski definition) is 2. The van der Waals surface area contributed by atoms with Gasteiger partial charge in [-0.2, -0.15) is 13.2 Å². The Hall–Kier alpha value is -0.290. The van der Waals surface area contributed by atoms with Gasteiger partial charge in [-0.05, 0) is 24.7 Å². The van der Waals surface area contributed by atoms with Gasteiger partial charge < -0.3 is 0 Å². The van der Waals surface area contributed by atoms with Crippen molar-refractivity contribution in [3.05, 3.63) is 0 Å². The molecule has 2 unspecified atom stereocenters. The highest BCUT2D eigenvalue weighted by atomic mass is 19.4. The van der Waals surface area contributed by atoms with E-state index in [2.05, 4.69) is 5.43 Å². The maximum Gasteiger partial charge on any atom is 0.389 e. The van der Waals surface area contributed by atoms with Crippen LogP contribution in [0.4, 0.5) is 13.2 Å². The van der Waals surface area contributed by atoms with E-state index < -0.39 is 12.6 Å². The number of halogens is 3. The summed E-state index contributed by atoms with van der Waals surface area (Å²) in [4.78, 5) is 0. The summed E-state index contributed by atoms with van der Waals surface area (Å²) >= 11 is 0. The molecular weight excluding hydrogens is 205 g/mol. The number of nitrogens with two attached hydrogens (primary N) is 1. The first-order valence-electron chi connectivity index (χ1n) is 5.30. The Labute approximate surface area is 89.4 Å². The van der Waals surface area contributed by atoms with Gasteiger partial charge in [-0.15, -0.1) is 0 Å². The summed E-state index contributed by atoms with van der Waals surface area (Å²) in [5, 5.41) is 0. The van der Waals surface area contributed by atoms with E-state index >= 15 is 0 Å². The maximum atomic E-state index is 11.9. The lowest BCUT2D eigenvalue weighted by molar-refractivity contribution is -0.136. The molecule has 0 spiro atoms. The van der Waals surface area contributed by atoms with E-state index in [1.165, 1.54) is 0 Å². The molecule has 0 radical (unpaired) electrons.